The second-order valence-electron chi connectivity index (χ2n) is 4.62. The van der Waals surface area contributed by atoms with E-state index in [9.17, 15) is 4.79 Å². The first-order valence-corrected chi connectivity index (χ1v) is 7.60. The van der Waals surface area contributed by atoms with Crippen molar-refractivity contribution in [1.29, 1.82) is 0 Å². The number of pyridine rings is 1. The number of thiophene rings is 1. The Hall–Kier alpha value is -2.31. The maximum Gasteiger partial charge on any atom is 0.267 e. The van der Waals surface area contributed by atoms with Crippen LogP contribution in [0.4, 0.5) is 0 Å². The molecule has 21 heavy (non-hydrogen) atoms. The molecule has 0 saturated carbocycles. The van der Waals surface area contributed by atoms with Gasteiger partial charge in [0.05, 0.1) is 22.8 Å². The van der Waals surface area contributed by atoms with Crippen LogP contribution in [0.25, 0.3) is 26.8 Å². The summed E-state index contributed by atoms with van der Waals surface area (Å²) in [5.74, 6) is 0. The van der Waals surface area contributed by atoms with Gasteiger partial charge in [0, 0.05) is 5.39 Å². The van der Waals surface area contributed by atoms with Gasteiger partial charge in [0.1, 0.15) is 4.83 Å². The summed E-state index contributed by atoms with van der Waals surface area (Å²) in [6.07, 6.45) is 1.67. The first kappa shape index (κ1) is 12.4. The van der Waals surface area contributed by atoms with Crippen LogP contribution >= 0.6 is 23.6 Å². The molecule has 4 rings (SSSR count). The lowest BCUT2D eigenvalue weighted by Crippen LogP contribution is -2.19. The van der Waals surface area contributed by atoms with Crippen LogP contribution in [0.1, 0.15) is 0 Å². The Morgan fingerprint density at radius 2 is 2.10 bits per heavy atom. The topological polar surface area (TPSA) is 50.7 Å². The predicted octanol–water partition coefficient (Wildman–Crippen LogP) is 3.66. The molecule has 0 saturated heterocycles. The van der Waals surface area contributed by atoms with Crippen LogP contribution in [0.5, 0.6) is 0 Å². The van der Waals surface area contributed by atoms with E-state index in [0.29, 0.717) is 15.8 Å². The normalized spacial score (nSPS) is 11.2. The minimum absolute atomic E-state index is 0.118. The summed E-state index contributed by atoms with van der Waals surface area (Å²) in [4.78, 5) is 20.9. The number of nitrogens with zero attached hydrogens (tertiary/aromatic N) is 2. The zero-order chi connectivity index (χ0) is 14.4. The fourth-order valence-electron chi connectivity index (χ4n) is 2.36. The fourth-order valence-corrected chi connectivity index (χ4v) is 3.49. The third-order valence-corrected chi connectivity index (χ3v) is 4.47. The Balaban J connectivity index is 2.08. The lowest BCUT2D eigenvalue weighted by Gasteiger charge is -2.07. The maximum absolute atomic E-state index is 12.6. The summed E-state index contributed by atoms with van der Waals surface area (Å²) in [6, 6.07) is 11.5. The molecule has 0 bridgehead atoms. The SMILES string of the molecule is O=c1c2ccsc2[nH]c(=S)n1-c1cnc2ccccc2c1. The molecule has 0 spiro atoms. The van der Waals surface area contributed by atoms with Gasteiger partial charge in [0.2, 0.25) is 0 Å². The summed E-state index contributed by atoms with van der Waals surface area (Å²) in [6.45, 7) is 0. The molecule has 0 radical (unpaired) electrons. The van der Waals surface area contributed by atoms with Gasteiger partial charge >= 0.3 is 0 Å². The van der Waals surface area contributed by atoms with Crippen molar-refractivity contribution in [3.05, 3.63) is 63.1 Å². The molecule has 1 aromatic carbocycles. The molecule has 6 heteroatoms. The molecule has 0 aliphatic carbocycles. The molecule has 0 amide bonds. The second kappa shape index (κ2) is 4.61. The van der Waals surface area contributed by atoms with Crippen molar-refractivity contribution in [2.24, 2.45) is 0 Å². The highest BCUT2D eigenvalue weighted by Crippen LogP contribution is 2.18. The number of fused-ring (bicyclic) bond motifs is 2. The fraction of sp³-hybridized carbons (Fsp3) is 0. The molecule has 0 aliphatic rings. The number of aromatic nitrogens is 3. The van der Waals surface area contributed by atoms with Crippen molar-refractivity contribution >= 4 is 44.7 Å². The highest BCUT2D eigenvalue weighted by molar-refractivity contribution is 7.71. The van der Waals surface area contributed by atoms with E-state index in [2.05, 4.69) is 9.97 Å². The summed E-state index contributed by atoms with van der Waals surface area (Å²) in [7, 11) is 0. The highest BCUT2D eigenvalue weighted by Gasteiger charge is 2.09. The number of rotatable bonds is 1. The van der Waals surface area contributed by atoms with Crippen LogP contribution in [0.2, 0.25) is 0 Å². The lowest BCUT2D eigenvalue weighted by molar-refractivity contribution is 0.938. The van der Waals surface area contributed by atoms with Crippen molar-refractivity contribution in [2.75, 3.05) is 0 Å². The van der Waals surface area contributed by atoms with E-state index in [1.54, 1.807) is 12.3 Å². The molecule has 102 valence electrons. The number of aromatic amines is 1. The molecule has 0 fully saturated rings. The maximum atomic E-state index is 12.6. The number of hydrogen-bond acceptors (Lipinski definition) is 4. The Bertz CT molecular complexity index is 1090. The zero-order valence-corrected chi connectivity index (χ0v) is 12.4. The molecular weight excluding hydrogens is 302 g/mol. The van der Waals surface area contributed by atoms with E-state index in [1.165, 1.54) is 15.9 Å². The first-order chi connectivity index (χ1) is 10.2. The number of para-hydroxylation sites is 1. The standard InChI is InChI=1S/C15H9N3OS2/c19-14-11-5-6-21-13(11)17-15(20)18(14)10-7-9-3-1-2-4-12(9)16-8-10/h1-8H,(H,17,20). The van der Waals surface area contributed by atoms with Crippen LogP contribution in [-0.4, -0.2) is 14.5 Å². The van der Waals surface area contributed by atoms with E-state index in [1.807, 2.05) is 35.7 Å². The van der Waals surface area contributed by atoms with Gasteiger partial charge in [-0.3, -0.25) is 14.3 Å². The molecular formula is C15H9N3OS2. The average molecular weight is 311 g/mol. The van der Waals surface area contributed by atoms with Crippen LogP contribution in [0.15, 0.2) is 52.8 Å². The van der Waals surface area contributed by atoms with Gasteiger partial charge in [-0.2, -0.15) is 0 Å². The Morgan fingerprint density at radius 1 is 1.24 bits per heavy atom. The predicted molar refractivity (Wildman–Crippen MR) is 87.9 cm³/mol. The Labute approximate surface area is 128 Å². The summed E-state index contributed by atoms with van der Waals surface area (Å²) < 4.78 is 1.87. The zero-order valence-electron chi connectivity index (χ0n) is 10.7. The van der Waals surface area contributed by atoms with Crippen LogP contribution in [0.3, 0.4) is 0 Å². The Morgan fingerprint density at radius 3 is 3.00 bits per heavy atom. The molecule has 0 unspecified atom stereocenters. The quantitative estimate of drug-likeness (QED) is 0.546. The first-order valence-electron chi connectivity index (χ1n) is 6.32. The van der Waals surface area contributed by atoms with E-state index < -0.39 is 0 Å². The molecule has 3 aromatic heterocycles. The highest BCUT2D eigenvalue weighted by atomic mass is 32.1. The third-order valence-electron chi connectivity index (χ3n) is 3.36. The van der Waals surface area contributed by atoms with E-state index in [4.69, 9.17) is 12.2 Å². The van der Waals surface area contributed by atoms with E-state index in [-0.39, 0.29) is 5.56 Å². The van der Waals surface area contributed by atoms with Gasteiger partial charge in [-0.05, 0) is 35.8 Å². The molecule has 1 N–H and O–H groups in total. The molecule has 3 heterocycles. The van der Waals surface area contributed by atoms with Crippen molar-refractivity contribution in [1.82, 2.24) is 14.5 Å². The summed E-state index contributed by atoms with van der Waals surface area (Å²) in [5, 5.41) is 3.49. The van der Waals surface area contributed by atoms with Crippen molar-refractivity contribution in [3.8, 4) is 5.69 Å². The van der Waals surface area contributed by atoms with Crippen LogP contribution in [0, 0.1) is 4.77 Å². The lowest BCUT2D eigenvalue weighted by atomic mass is 10.2. The minimum atomic E-state index is -0.118. The average Bonchev–Trinajstić information content (AvgIpc) is 2.95. The molecule has 0 atom stereocenters. The third kappa shape index (κ3) is 1.91. The molecule has 0 aliphatic heterocycles. The minimum Gasteiger partial charge on any atom is -0.323 e. The molecule has 4 aromatic rings. The number of nitrogens with one attached hydrogen (secondary N) is 1. The van der Waals surface area contributed by atoms with Gasteiger partial charge in [0.15, 0.2) is 4.77 Å². The van der Waals surface area contributed by atoms with Gasteiger partial charge in [-0.1, -0.05) is 18.2 Å². The van der Waals surface area contributed by atoms with Gasteiger partial charge in [0.25, 0.3) is 5.56 Å². The monoisotopic (exact) mass is 311 g/mol. The Kier molecular flexibility index (Phi) is 2.73. The van der Waals surface area contributed by atoms with Crippen LogP contribution in [-0.2, 0) is 0 Å². The van der Waals surface area contributed by atoms with Gasteiger partial charge in [-0.25, -0.2) is 0 Å². The van der Waals surface area contributed by atoms with Crippen molar-refractivity contribution in [2.45, 2.75) is 0 Å². The van der Waals surface area contributed by atoms with E-state index in [0.717, 1.165) is 15.7 Å². The van der Waals surface area contributed by atoms with Gasteiger partial charge in [-0.15, -0.1) is 11.3 Å². The van der Waals surface area contributed by atoms with Crippen molar-refractivity contribution in [3.63, 3.8) is 0 Å². The van der Waals surface area contributed by atoms with Gasteiger partial charge < -0.3 is 4.98 Å². The largest absolute Gasteiger partial charge is 0.323 e. The summed E-state index contributed by atoms with van der Waals surface area (Å²) in [5.41, 5.74) is 1.45. The van der Waals surface area contributed by atoms with E-state index >= 15 is 0 Å². The summed E-state index contributed by atoms with van der Waals surface area (Å²) >= 11 is 6.79. The number of H-pyrrole nitrogens is 1. The van der Waals surface area contributed by atoms with Crippen molar-refractivity contribution < 1.29 is 0 Å². The smallest absolute Gasteiger partial charge is 0.267 e. The second-order valence-corrected chi connectivity index (χ2v) is 5.92. The number of hydrogen-bond donors (Lipinski definition) is 1. The molecule has 4 nitrogen and oxygen atoms in total. The van der Waals surface area contributed by atoms with Crippen LogP contribution < -0.4 is 5.56 Å². The number of benzene rings is 1.